The van der Waals surface area contributed by atoms with Crippen molar-refractivity contribution in [3.8, 4) is 17.2 Å². The van der Waals surface area contributed by atoms with E-state index in [0.717, 1.165) is 0 Å². The standard InChI is InChI=1S/C22H25N3O3S/c1-25(2)18(21-9-6-14-29-21)15-23-22(26)24-16-10-12-17(13-11-16)28-20-8-5-4-7-19(20)27-3/h4-14,18H,15H2,1-3H3,(H2,23,24,26)/t18-/m0/s1. The van der Waals surface area contributed by atoms with Crippen molar-refractivity contribution < 1.29 is 14.3 Å². The summed E-state index contributed by atoms with van der Waals surface area (Å²) in [5.41, 5.74) is 0.687. The molecule has 1 heterocycles. The van der Waals surface area contributed by atoms with Crippen LogP contribution in [0.5, 0.6) is 17.2 Å². The summed E-state index contributed by atoms with van der Waals surface area (Å²) in [6.07, 6.45) is 0. The quantitative estimate of drug-likeness (QED) is 0.549. The van der Waals surface area contributed by atoms with Crippen LogP contribution in [0.15, 0.2) is 66.0 Å². The van der Waals surface area contributed by atoms with E-state index >= 15 is 0 Å². The Bertz CT molecular complexity index is 911. The summed E-state index contributed by atoms with van der Waals surface area (Å²) < 4.78 is 11.1. The lowest BCUT2D eigenvalue weighted by Crippen LogP contribution is -2.36. The first-order chi connectivity index (χ1) is 14.1. The highest BCUT2D eigenvalue weighted by molar-refractivity contribution is 7.10. The lowest BCUT2D eigenvalue weighted by molar-refractivity contribution is 0.244. The van der Waals surface area contributed by atoms with Crippen LogP contribution in [0, 0.1) is 0 Å². The molecule has 0 aliphatic heterocycles. The minimum atomic E-state index is -0.244. The smallest absolute Gasteiger partial charge is 0.319 e. The van der Waals surface area contributed by atoms with Gasteiger partial charge in [-0.05, 0) is 61.9 Å². The molecular weight excluding hydrogens is 386 g/mol. The molecule has 2 aromatic carbocycles. The predicted octanol–water partition coefficient (Wildman–Crippen LogP) is 4.97. The molecule has 1 aromatic heterocycles. The van der Waals surface area contributed by atoms with Gasteiger partial charge in [0, 0.05) is 17.1 Å². The number of hydrogen-bond donors (Lipinski definition) is 2. The van der Waals surface area contributed by atoms with Gasteiger partial charge in [-0.3, -0.25) is 0 Å². The second-order valence-corrected chi connectivity index (χ2v) is 7.59. The van der Waals surface area contributed by atoms with Crippen LogP contribution in [-0.4, -0.2) is 38.7 Å². The fourth-order valence-corrected chi connectivity index (χ4v) is 3.74. The third kappa shape index (κ3) is 5.73. The number of anilines is 1. The topological polar surface area (TPSA) is 62.8 Å². The summed E-state index contributed by atoms with van der Waals surface area (Å²) in [4.78, 5) is 15.6. The summed E-state index contributed by atoms with van der Waals surface area (Å²) in [5.74, 6) is 1.96. The zero-order chi connectivity index (χ0) is 20.6. The lowest BCUT2D eigenvalue weighted by atomic mass is 10.2. The van der Waals surface area contributed by atoms with Gasteiger partial charge in [-0.25, -0.2) is 4.79 Å². The van der Waals surface area contributed by atoms with Gasteiger partial charge < -0.3 is 25.0 Å². The maximum Gasteiger partial charge on any atom is 0.319 e. The van der Waals surface area contributed by atoms with Crippen molar-refractivity contribution in [1.82, 2.24) is 10.2 Å². The highest BCUT2D eigenvalue weighted by atomic mass is 32.1. The van der Waals surface area contributed by atoms with Crippen molar-refractivity contribution in [2.24, 2.45) is 0 Å². The van der Waals surface area contributed by atoms with E-state index in [0.29, 0.717) is 29.5 Å². The highest BCUT2D eigenvalue weighted by Crippen LogP contribution is 2.31. The molecule has 0 aliphatic rings. The Labute approximate surface area is 175 Å². The van der Waals surface area contributed by atoms with Crippen molar-refractivity contribution in [2.75, 3.05) is 33.1 Å². The van der Waals surface area contributed by atoms with Crippen LogP contribution in [0.25, 0.3) is 0 Å². The number of ether oxygens (including phenoxy) is 2. The second kappa shape index (κ2) is 9.95. The van der Waals surface area contributed by atoms with E-state index in [1.807, 2.05) is 49.8 Å². The van der Waals surface area contributed by atoms with Crippen LogP contribution >= 0.6 is 11.3 Å². The molecule has 2 N–H and O–H groups in total. The number of para-hydroxylation sites is 2. The summed E-state index contributed by atoms with van der Waals surface area (Å²) in [6.45, 7) is 0.522. The molecule has 152 valence electrons. The normalized spacial score (nSPS) is 11.7. The second-order valence-electron chi connectivity index (χ2n) is 6.61. The van der Waals surface area contributed by atoms with Gasteiger partial charge in [-0.2, -0.15) is 0 Å². The molecule has 0 fully saturated rings. The molecule has 3 aromatic rings. The van der Waals surface area contributed by atoms with Crippen molar-refractivity contribution >= 4 is 23.1 Å². The molecule has 0 saturated carbocycles. The fourth-order valence-electron chi connectivity index (χ4n) is 2.82. The zero-order valence-electron chi connectivity index (χ0n) is 16.7. The van der Waals surface area contributed by atoms with Gasteiger partial charge in [0.05, 0.1) is 13.2 Å². The van der Waals surface area contributed by atoms with E-state index in [1.165, 1.54) is 4.88 Å². The van der Waals surface area contributed by atoms with Crippen LogP contribution in [0.1, 0.15) is 10.9 Å². The number of methoxy groups -OCH3 is 1. The molecular formula is C22H25N3O3S. The Morgan fingerprint density at radius 2 is 1.76 bits per heavy atom. The number of nitrogens with one attached hydrogen (secondary N) is 2. The van der Waals surface area contributed by atoms with Crippen molar-refractivity contribution in [1.29, 1.82) is 0 Å². The van der Waals surface area contributed by atoms with E-state index in [2.05, 4.69) is 21.6 Å². The summed E-state index contributed by atoms with van der Waals surface area (Å²) in [7, 11) is 5.61. The first-order valence-corrected chi connectivity index (χ1v) is 10.1. The summed E-state index contributed by atoms with van der Waals surface area (Å²) in [6, 6.07) is 18.6. The van der Waals surface area contributed by atoms with Crippen LogP contribution in [0.4, 0.5) is 10.5 Å². The third-order valence-corrected chi connectivity index (χ3v) is 5.33. The summed E-state index contributed by atoms with van der Waals surface area (Å²) in [5, 5.41) is 7.83. The maximum absolute atomic E-state index is 12.3. The minimum Gasteiger partial charge on any atom is -0.493 e. The Hall–Kier alpha value is -3.03. The molecule has 0 radical (unpaired) electrons. The van der Waals surface area contributed by atoms with E-state index < -0.39 is 0 Å². The van der Waals surface area contributed by atoms with Gasteiger partial charge in [-0.15, -0.1) is 11.3 Å². The summed E-state index contributed by atoms with van der Waals surface area (Å²) >= 11 is 1.68. The molecule has 6 nitrogen and oxygen atoms in total. The number of hydrogen-bond acceptors (Lipinski definition) is 5. The Balaban J connectivity index is 1.54. The first kappa shape index (κ1) is 20.7. The molecule has 0 bridgehead atoms. The minimum absolute atomic E-state index is 0.136. The number of nitrogens with zero attached hydrogens (tertiary/aromatic N) is 1. The van der Waals surface area contributed by atoms with Crippen molar-refractivity contribution in [3.05, 3.63) is 70.9 Å². The zero-order valence-corrected chi connectivity index (χ0v) is 17.5. The van der Waals surface area contributed by atoms with E-state index in [1.54, 1.807) is 42.7 Å². The molecule has 0 aliphatic carbocycles. The average Bonchev–Trinajstić information content (AvgIpc) is 3.24. The molecule has 0 saturated heterocycles. The number of amides is 2. The number of carbonyl (C=O) groups is 1. The van der Waals surface area contributed by atoms with E-state index in [-0.39, 0.29) is 12.1 Å². The van der Waals surface area contributed by atoms with Crippen molar-refractivity contribution in [2.45, 2.75) is 6.04 Å². The van der Waals surface area contributed by atoms with Crippen LogP contribution in [0.2, 0.25) is 0 Å². The van der Waals surface area contributed by atoms with Gasteiger partial charge in [-0.1, -0.05) is 18.2 Å². The number of urea groups is 1. The van der Waals surface area contributed by atoms with Gasteiger partial charge in [0.2, 0.25) is 0 Å². The SMILES string of the molecule is COc1ccccc1Oc1ccc(NC(=O)NC[C@@H](c2cccs2)N(C)C)cc1. The molecule has 0 spiro atoms. The van der Waals surface area contributed by atoms with Gasteiger partial charge in [0.1, 0.15) is 5.75 Å². The Kier molecular flexibility index (Phi) is 7.10. The molecule has 0 unspecified atom stereocenters. The average molecular weight is 412 g/mol. The van der Waals surface area contributed by atoms with Crippen molar-refractivity contribution in [3.63, 3.8) is 0 Å². The van der Waals surface area contributed by atoms with Crippen LogP contribution < -0.4 is 20.1 Å². The van der Waals surface area contributed by atoms with Crippen LogP contribution in [-0.2, 0) is 0 Å². The molecule has 7 heteroatoms. The Morgan fingerprint density at radius 3 is 2.38 bits per heavy atom. The number of likely N-dealkylation sites (N-methyl/N-ethyl adjacent to an activating group) is 1. The molecule has 2 amide bonds. The molecule has 29 heavy (non-hydrogen) atoms. The maximum atomic E-state index is 12.3. The monoisotopic (exact) mass is 411 g/mol. The Morgan fingerprint density at radius 1 is 1.03 bits per heavy atom. The molecule has 3 rings (SSSR count). The number of benzene rings is 2. The van der Waals surface area contributed by atoms with Gasteiger partial charge in [0.15, 0.2) is 11.5 Å². The number of rotatable bonds is 8. The van der Waals surface area contributed by atoms with Gasteiger partial charge >= 0.3 is 6.03 Å². The molecule has 1 atom stereocenters. The third-order valence-electron chi connectivity index (χ3n) is 4.36. The fraction of sp³-hybridized carbons (Fsp3) is 0.227. The number of thiophene rings is 1. The van der Waals surface area contributed by atoms with Gasteiger partial charge in [0.25, 0.3) is 0 Å². The highest BCUT2D eigenvalue weighted by Gasteiger charge is 2.16. The largest absolute Gasteiger partial charge is 0.493 e. The van der Waals surface area contributed by atoms with Crippen LogP contribution in [0.3, 0.4) is 0 Å². The first-order valence-electron chi connectivity index (χ1n) is 9.22. The van der Waals surface area contributed by atoms with E-state index in [9.17, 15) is 4.79 Å². The lowest BCUT2D eigenvalue weighted by Gasteiger charge is -2.23. The van der Waals surface area contributed by atoms with E-state index in [4.69, 9.17) is 9.47 Å². The predicted molar refractivity (Wildman–Crippen MR) is 117 cm³/mol. The number of carbonyl (C=O) groups excluding carboxylic acids is 1.